The predicted octanol–water partition coefficient (Wildman–Crippen LogP) is 3.22. The number of hydrogen-bond acceptors (Lipinski definition) is 5. The zero-order valence-electron chi connectivity index (χ0n) is 17.9. The van der Waals surface area contributed by atoms with E-state index >= 15 is 0 Å². The summed E-state index contributed by atoms with van der Waals surface area (Å²) in [6.45, 7) is 2.84. The molecule has 2 bridgehead atoms. The summed E-state index contributed by atoms with van der Waals surface area (Å²) in [5.74, 6) is 2.36. The lowest BCUT2D eigenvalue weighted by molar-refractivity contribution is 0.0821. The number of H-pyrrole nitrogens is 1. The van der Waals surface area contributed by atoms with Gasteiger partial charge in [-0.3, -0.25) is 14.8 Å². The van der Waals surface area contributed by atoms with E-state index in [2.05, 4.69) is 32.5 Å². The van der Waals surface area contributed by atoms with Crippen LogP contribution in [0.2, 0.25) is 0 Å². The minimum Gasteiger partial charge on any atom is -0.493 e. The van der Waals surface area contributed by atoms with Crippen molar-refractivity contribution in [3.8, 4) is 11.5 Å². The second-order valence-electron chi connectivity index (χ2n) is 8.60. The Morgan fingerprint density at radius 1 is 1.10 bits per heavy atom. The van der Waals surface area contributed by atoms with Crippen molar-refractivity contribution >= 4 is 16.8 Å². The van der Waals surface area contributed by atoms with E-state index in [1.54, 1.807) is 14.2 Å². The molecule has 7 nitrogen and oxygen atoms in total. The molecule has 1 amide bonds. The van der Waals surface area contributed by atoms with Gasteiger partial charge in [0.25, 0.3) is 5.91 Å². The van der Waals surface area contributed by atoms with E-state index in [9.17, 15) is 4.79 Å². The van der Waals surface area contributed by atoms with Gasteiger partial charge in [0.05, 0.1) is 19.7 Å². The number of amides is 1. The first-order valence-corrected chi connectivity index (χ1v) is 10.8. The number of carbonyl (C=O) groups is 1. The first-order valence-electron chi connectivity index (χ1n) is 10.8. The number of methoxy groups -OCH3 is 2. The van der Waals surface area contributed by atoms with E-state index < -0.39 is 0 Å². The average molecular weight is 421 g/mol. The highest BCUT2D eigenvalue weighted by atomic mass is 16.5. The Balaban J connectivity index is 1.25. The van der Waals surface area contributed by atoms with Crippen LogP contribution in [0.5, 0.6) is 11.5 Å². The van der Waals surface area contributed by atoms with Crippen molar-refractivity contribution in [1.29, 1.82) is 0 Å². The highest BCUT2D eigenvalue weighted by Crippen LogP contribution is 2.38. The van der Waals surface area contributed by atoms with Crippen LogP contribution in [0.15, 0.2) is 42.5 Å². The van der Waals surface area contributed by atoms with Gasteiger partial charge < -0.3 is 14.8 Å². The van der Waals surface area contributed by atoms with Crippen molar-refractivity contribution in [2.45, 2.75) is 25.4 Å². The molecule has 2 aromatic carbocycles. The standard InChI is InChI=1S/C24H28N4O3/c1-30-20-10-7-15(11-21(20)31-2)12-28-13-16-8-9-17(14-28)22(16)25-24(29)23-18-5-3-4-6-19(18)26-27-23/h3-7,10-11,16-17,22H,8-9,12-14H2,1-2H3,(H,25,29)(H,26,27). The summed E-state index contributed by atoms with van der Waals surface area (Å²) < 4.78 is 10.8. The molecule has 2 heterocycles. The van der Waals surface area contributed by atoms with Gasteiger partial charge in [-0.1, -0.05) is 24.3 Å². The number of fused-ring (bicyclic) bond motifs is 3. The maximum absolute atomic E-state index is 13.0. The summed E-state index contributed by atoms with van der Waals surface area (Å²) in [5.41, 5.74) is 2.59. The molecule has 2 N–H and O–H groups in total. The molecular formula is C24H28N4O3. The second-order valence-corrected chi connectivity index (χ2v) is 8.60. The highest BCUT2D eigenvalue weighted by Gasteiger charge is 2.43. The number of rotatable bonds is 6. The first kappa shape index (κ1) is 19.9. The summed E-state index contributed by atoms with van der Waals surface area (Å²) >= 11 is 0. The monoisotopic (exact) mass is 420 g/mol. The van der Waals surface area contributed by atoms with Crippen LogP contribution in [0.25, 0.3) is 10.9 Å². The third-order valence-corrected chi connectivity index (χ3v) is 6.75. The van der Waals surface area contributed by atoms with E-state index in [1.165, 1.54) is 5.56 Å². The van der Waals surface area contributed by atoms with Gasteiger partial charge in [-0.15, -0.1) is 0 Å². The molecule has 0 radical (unpaired) electrons. The predicted molar refractivity (Wildman–Crippen MR) is 118 cm³/mol. The lowest BCUT2D eigenvalue weighted by Gasteiger charge is -2.38. The number of hydrogen-bond donors (Lipinski definition) is 2. The van der Waals surface area contributed by atoms with Crippen LogP contribution in [0.1, 0.15) is 28.9 Å². The molecule has 2 fully saturated rings. The van der Waals surface area contributed by atoms with Gasteiger partial charge in [0.2, 0.25) is 0 Å². The Bertz CT molecular complexity index is 1080. The van der Waals surface area contributed by atoms with Gasteiger partial charge >= 0.3 is 0 Å². The molecular weight excluding hydrogens is 392 g/mol. The van der Waals surface area contributed by atoms with Gasteiger partial charge in [0, 0.05) is 31.1 Å². The summed E-state index contributed by atoms with van der Waals surface area (Å²) in [6.07, 6.45) is 2.30. The summed E-state index contributed by atoms with van der Waals surface area (Å²) in [7, 11) is 3.32. The van der Waals surface area contributed by atoms with Crippen LogP contribution in [0.3, 0.4) is 0 Å². The number of para-hydroxylation sites is 1. The lowest BCUT2D eigenvalue weighted by atomic mass is 9.91. The molecule has 1 saturated carbocycles. The number of carbonyl (C=O) groups excluding carboxylic acids is 1. The van der Waals surface area contributed by atoms with E-state index in [0.29, 0.717) is 17.5 Å². The van der Waals surface area contributed by atoms with Crippen LogP contribution < -0.4 is 14.8 Å². The molecule has 1 aromatic heterocycles. The van der Waals surface area contributed by atoms with E-state index in [1.807, 2.05) is 30.3 Å². The van der Waals surface area contributed by atoms with Gasteiger partial charge in [0.15, 0.2) is 17.2 Å². The van der Waals surface area contributed by atoms with Crippen LogP contribution in [0.4, 0.5) is 0 Å². The maximum Gasteiger partial charge on any atom is 0.272 e. The van der Waals surface area contributed by atoms with Gasteiger partial charge in [-0.2, -0.15) is 5.10 Å². The Morgan fingerprint density at radius 3 is 2.58 bits per heavy atom. The SMILES string of the molecule is COc1ccc(CN2CC3CCC(C2)C3NC(=O)c2n[nH]c3ccccc23)cc1OC. The summed E-state index contributed by atoms with van der Waals surface area (Å²) in [6, 6.07) is 14.1. The van der Waals surface area contributed by atoms with Crippen molar-refractivity contribution in [3.05, 3.63) is 53.7 Å². The quantitative estimate of drug-likeness (QED) is 0.640. The van der Waals surface area contributed by atoms with Crippen molar-refractivity contribution in [2.24, 2.45) is 11.8 Å². The molecule has 1 aliphatic heterocycles. The number of likely N-dealkylation sites (tertiary alicyclic amines) is 1. The van der Waals surface area contributed by atoms with Crippen LogP contribution >= 0.6 is 0 Å². The van der Waals surface area contributed by atoms with Gasteiger partial charge in [-0.25, -0.2) is 0 Å². The third-order valence-electron chi connectivity index (χ3n) is 6.75. The zero-order chi connectivity index (χ0) is 21.4. The average Bonchev–Trinajstić information content (AvgIpc) is 3.31. The molecule has 3 aromatic rings. The van der Waals surface area contributed by atoms with E-state index in [4.69, 9.17) is 9.47 Å². The summed E-state index contributed by atoms with van der Waals surface area (Å²) in [4.78, 5) is 15.5. The fourth-order valence-corrected chi connectivity index (χ4v) is 5.28. The fourth-order valence-electron chi connectivity index (χ4n) is 5.28. The fraction of sp³-hybridized carbons (Fsp3) is 0.417. The topological polar surface area (TPSA) is 79.5 Å². The molecule has 2 aliphatic rings. The number of ether oxygens (including phenoxy) is 2. The Kier molecular flexibility index (Phi) is 5.28. The number of nitrogens with one attached hydrogen (secondary N) is 2. The Hall–Kier alpha value is -3.06. The minimum atomic E-state index is -0.0762. The number of nitrogens with zero attached hydrogens (tertiary/aromatic N) is 2. The number of piperidine rings is 1. The number of benzene rings is 2. The second kappa shape index (κ2) is 8.23. The lowest BCUT2D eigenvalue weighted by Crippen LogP contribution is -2.52. The molecule has 5 rings (SSSR count). The highest BCUT2D eigenvalue weighted by molar-refractivity contribution is 6.04. The third kappa shape index (κ3) is 3.74. The molecule has 31 heavy (non-hydrogen) atoms. The van der Waals surface area contributed by atoms with Gasteiger partial charge in [0.1, 0.15) is 0 Å². The summed E-state index contributed by atoms with van der Waals surface area (Å²) in [5, 5.41) is 11.4. The molecule has 162 valence electrons. The largest absolute Gasteiger partial charge is 0.493 e. The number of aromatic nitrogens is 2. The van der Waals surface area contributed by atoms with Crippen molar-refractivity contribution in [1.82, 2.24) is 20.4 Å². The smallest absolute Gasteiger partial charge is 0.272 e. The molecule has 1 aliphatic carbocycles. The number of aromatic amines is 1. The molecule has 1 saturated heterocycles. The van der Waals surface area contributed by atoms with Crippen LogP contribution in [-0.4, -0.2) is 54.4 Å². The van der Waals surface area contributed by atoms with Crippen molar-refractivity contribution < 1.29 is 14.3 Å². The molecule has 2 atom stereocenters. The van der Waals surface area contributed by atoms with E-state index in [0.717, 1.165) is 54.9 Å². The molecule has 0 spiro atoms. The van der Waals surface area contributed by atoms with Crippen LogP contribution in [0, 0.1) is 11.8 Å². The Morgan fingerprint density at radius 2 is 1.84 bits per heavy atom. The van der Waals surface area contributed by atoms with Gasteiger partial charge in [-0.05, 0) is 48.4 Å². The first-order chi connectivity index (χ1) is 15.2. The van der Waals surface area contributed by atoms with Crippen LogP contribution in [-0.2, 0) is 6.54 Å². The maximum atomic E-state index is 13.0. The molecule has 2 unspecified atom stereocenters. The molecule has 7 heteroatoms. The Labute approximate surface area is 181 Å². The zero-order valence-corrected chi connectivity index (χ0v) is 17.9. The normalized spacial score (nSPS) is 23.1. The minimum absolute atomic E-state index is 0.0762. The van der Waals surface area contributed by atoms with Crippen molar-refractivity contribution in [2.75, 3.05) is 27.3 Å². The van der Waals surface area contributed by atoms with Crippen molar-refractivity contribution in [3.63, 3.8) is 0 Å². The van der Waals surface area contributed by atoms with E-state index in [-0.39, 0.29) is 11.9 Å².